The van der Waals surface area contributed by atoms with Crippen LogP contribution in [0.15, 0.2) is 107 Å². The Morgan fingerprint density at radius 2 is 1.77 bits per heavy atom. The van der Waals surface area contributed by atoms with E-state index in [9.17, 15) is 13.2 Å². The molecule has 0 radical (unpaired) electrons. The number of hydrazine groups is 1. The SMILES string of the molecule is Cc1cccc(CNNC(=O)[C@@]2(CCS(=O)(=O)c3ccccc3)N=C(c3ccc(OCCCO)cc3)O[C@H]2c2ccc(Cl)cc2Cl)c1. The van der Waals surface area contributed by atoms with Gasteiger partial charge in [0.05, 0.1) is 17.3 Å². The quantitative estimate of drug-likeness (QED) is 0.109. The molecule has 1 heterocycles. The van der Waals surface area contributed by atoms with Crippen molar-refractivity contribution in [3.63, 3.8) is 0 Å². The van der Waals surface area contributed by atoms with Crippen LogP contribution in [0.25, 0.3) is 0 Å². The van der Waals surface area contributed by atoms with Crippen molar-refractivity contribution in [2.45, 2.75) is 42.8 Å². The van der Waals surface area contributed by atoms with Crippen LogP contribution in [0.5, 0.6) is 5.75 Å². The molecule has 0 aliphatic carbocycles. The molecule has 1 aliphatic rings. The molecule has 9 nitrogen and oxygen atoms in total. The van der Waals surface area contributed by atoms with E-state index in [0.717, 1.165) is 11.1 Å². The van der Waals surface area contributed by atoms with Gasteiger partial charge in [-0.3, -0.25) is 10.2 Å². The zero-order chi connectivity index (χ0) is 33.4. The van der Waals surface area contributed by atoms with Crippen LogP contribution >= 0.6 is 23.2 Å². The second-order valence-corrected chi connectivity index (χ2v) is 14.1. The van der Waals surface area contributed by atoms with Crippen LogP contribution in [0, 0.1) is 6.92 Å². The number of benzene rings is 4. The molecule has 2 atom stereocenters. The van der Waals surface area contributed by atoms with Gasteiger partial charge in [-0.1, -0.05) is 77.3 Å². The number of hydrogen-bond acceptors (Lipinski definition) is 8. The van der Waals surface area contributed by atoms with E-state index in [1.165, 1.54) is 18.2 Å². The molecule has 1 amide bonds. The standard InChI is InChI=1S/C35H35Cl2N3O6S/c1-24-7-5-8-25(21-24)23-38-40-34(42)35(17-20-47(43,44)29-9-3-2-4-10-29)32(30-16-13-27(36)22-31(30)37)46-33(39-35)26-11-14-28(15-12-26)45-19-6-18-41/h2-5,7-16,21-22,32,38,41H,6,17-20,23H2,1H3,(H,40,42)/t32-,35-/m0/s1. The predicted octanol–water partition coefficient (Wildman–Crippen LogP) is 6.00. The van der Waals surface area contributed by atoms with Gasteiger partial charge in [0.1, 0.15) is 5.75 Å². The Labute approximate surface area is 284 Å². The maximum absolute atomic E-state index is 14.4. The van der Waals surface area contributed by atoms with Crippen LogP contribution < -0.4 is 15.6 Å². The van der Waals surface area contributed by atoms with Gasteiger partial charge in [-0.2, -0.15) is 0 Å². The van der Waals surface area contributed by atoms with Crippen molar-refractivity contribution in [1.29, 1.82) is 0 Å². The number of ether oxygens (including phenoxy) is 2. The molecule has 47 heavy (non-hydrogen) atoms. The lowest BCUT2D eigenvalue weighted by atomic mass is 9.85. The van der Waals surface area contributed by atoms with Gasteiger partial charge in [0.2, 0.25) is 5.90 Å². The minimum Gasteiger partial charge on any atom is -0.494 e. The van der Waals surface area contributed by atoms with E-state index < -0.39 is 33.1 Å². The third-order valence-corrected chi connectivity index (χ3v) is 10.0. The molecule has 0 unspecified atom stereocenters. The fraction of sp³-hybridized carbons (Fsp3) is 0.257. The van der Waals surface area contributed by atoms with Gasteiger partial charge in [0.15, 0.2) is 21.5 Å². The van der Waals surface area contributed by atoms with E-state index in [2.05, 4.69) is 10.9 Å². The molecule has 0 bridgehead atoms. The smallest absolute Gasteiger partial charge is 0.266 e. The Morgan fingerprint density at radius 3 is 2.47 bits per heavy atom. The maximum Gasteiger partial charge on any atom is 0.266 e. The van der Waals surface area contributed by atoms with Gasteiger partial charge in [0.25, 0.3) is 5.91 Å². The number of nitrogens with one attached hydrogen (secondary N) is 2. The van der Waals surface area contributed by atoms with E-state index in [4.69, 9.17) is 42.8 Å². The number of rotatable bonds is 14. The first-order chi connectivity index (χ1) is 22.6. The van der Waals surface area contributed by atoms with E-state index in [1.54, 1.807) is 54.6 Å². The average Bonchev–Trinajstić information content (AvgIpc) is 3.45. The van der Waals surface area contributed by atoms with Crippen molar-refractivity contribution < 1.29 is 27.8 Å². The molecule has 3 N–H and O–H groups in total. The average molecular weight is 697 g/mol. The van der Waals surface area contributed by atoms with Crippen molar-refractivity contribution in [2.75, 3.05) is 19.0 Å². The highest BCUT2D eigenvalue weighted by molar-refractivity contribution is 7.91. The van der Waals surface area contributed by atoms with Crippen LogP contribution in [0.1, 0.15) is 41.2 Å². The Morgan fingerprint density at radius 1 is 1.00 bits per heavy atom. The van der Waals surface area contributed by atoms with Gasteiger partial charge in [0, 0.05) is 47.2 Å². The summed E-state index contributed by atoms with van der Waals surface area (Å²) in [6.45, 7) is 2.65. The van der Waals surface area contributed by atoms with Crippen molar-refractivity contribution in [2.24, 2.45) is 4.99 Å². The van der Waals surface area contributed by atoms with Crippen LogP contribution in [-0.2, 0) is 25.9 Å². The summed E-state index contributed by atoms with van der Waals surface area (Å²) in [5.41, 5.74) is 6.96. The highest BCUT2D eigenvalue weighted by atomic mass is 35.5. The molecule has 0 saturated carbocycles. The summed E-state index contributed by atoms with van der Waals surface area (Å²) in [5.74, 6) is -0.282. The molecule has 1 aliphatic heterocycles. The lowest BCUT2D eigenvalue weighted by Gasteiger charge is -2.31. The number of carbonyl (C=O) groups excluding carboxylic acids is 1. The normalized spacial score (nSPS) is 17.5. The Bertz CT molecular complexity index is 1840. The first-order valence-corrected chi connectivity index (χ1v) is 17.4. The number of hydrogen-bond donors (Lipinski definition) is 3. The van der Waals surface area contributed by atoms with Crippen LogP contribution in [0.4, 0.5) is 0 Å². The molecule has 12 heteroatoms. The van der Waals surface area contributed by atoms with Crippen molar-refractivity contribution in [3.8, 4) is 5.75 Å². The lowest BCUT2D eigenvalue weighted by Crippen LogP contribution is -2.53. The molecule has 5 rings (SSSR count). The minimum absolute atomic E-state index is 0.0152. The molecule has 0 aromatic heterocycles. The Hall–Kier alpha value is -3.93. The highest BCUT2D eigenvalue weighted by Crippen LogP contribution is 2.45. The van der Waals surface area contributed by atoms with E-state index in [0.29, 0.717) is 41.5 Å². The Kier molecular flexibility index (Phi) is 11.2. The summed E-state index contributed by atoms with van der Waals surface area (Å²) >= 11 is 12.9. The van der Waals surface area contributed by atoms with Gasteiger partial charge < -0.3 is 14.6 Å². The molecular weight excluding hydrogens is 661 g/mol. The van der Waals surface area contributed by atoms with Crippen molar-refractivity contribution >= 4 is 44.8 Å². The number of aliphatic hydroxyl groups is 1. The predicted molar refractivity (Wildman–Crippen MR) is 182 cm³/mol. The fourth-order valence-corrected chi connectivity index (χ4v) is 7.15. The van der Waals surface area contributed by atoms with Crippen molar-refractivity contribution in [1.82, 2.24) is 10.9 Å². The second kappa shape index (κ2) is 15.3. The Balaban J connectivity index is 1.54. The largest absolute Gasteiger partial charge is 0.494 e. The van der Waals surface area contributed by atoms with E-state index in [1.807, 2.05) is 31.2 Å². The number of aryl methyl sites for hydroxylation is 1. The first-order valence-electron chi connectivity index (χ1n) is 15.0. The third-order valence-electron chi connectivity index (χ3n) is 7.71. The second-order valence-electron chi connectivity index (χ2n) is 11.1. The lowest BCUT2D eigenvalue weighted by molar-refractivity contribution is -0.130. The summed E-state index contributed by atoms with van der Waals surface area (Å²) in [5, 5.41) is 9.68. The number of carbonyl (C=O) groups is 1. The zero-order valence-electron chi connectivity index (χ0n) is 25.7. The summed E-state index contributed by atoms with van der Waals surface area (Å²) < 4.78 is 39.2. The molecule has 4 aromatic rings. The summed E-state index contributed by atoms with van der Waals surface area (Å²) in [4.78, 5) is 19.4. The molecular formula is C35H35Cl2N3O6S. The number of nitrogens with zero attached hydrogens (tertiary/aromatic N) is 1. The van der Waals surface area contributed by atoms with E-state index >= 15 is 0 Å². The third kappa shape index (κ3) is 8.33. The van der Waals surface area contributed by atoms with E-state index in [-0.39, 0.29) is 28.8 Å². The number of aliphatic imine (C=N–C) groups is 1. The number of halogens is 2. The number of aliphatic hydroxyl groups excluding tert-OH is 1. The van der Waals surface area contributed by atoms with Crippen LogP contribution in [-0.4, -0.2) is 49.8 Å². The van der Waals surface area contributed by atoms with Gasteiger partial charge in [-0.15, -0.1) is 0 Å². The highest BCUT2D eigenvalue weighted by Gasteiger charge is 2.54. The van der Waals surface area contributed by atoms with Gasteiger partial charge in [-0.05, 0) is 61.0 Å². The topological polar surface area (TPSA) is 126 Å². The zero-order valence-corrected chi connectivity index (χ0v) is 28.0. The minimum atomic E-state index is -3.82. The maximum atomic E-state index is 14.4. The van der Waals surface area contributed by atoms with Gasteiger partial charge in [-0.25, -0.2) is 18.8 Å². The number of sulfone groups is 1. The van der Waals surface area contributed by atoms with Gasteiger partial charge >= 0.3 is 0 Å². The first kappa shape index (κ1) is 34.4. The van der Waals surface area contributed by atoms with Crippen LogP contribution in [0.3, 0.4) is 0 Å². The summed E-state index contributed by atoms with van der Waals surface area (Å²) in [7, 11) is -3.82. The fourth-order valence-electron chi connectivity index (χ4n) is 5.25. The van der Waals surface area contributed by atoms with Crippen molar-refractivity contribution in [3.05, 3.63) is 129 Å². The molecule has 246 valence electrons. The summed E-state index contributed by atoms with van der Waals surface area (Å²) in [6.07, 6.45) is -0.838. The number of amides is 1. The van der Waals surface area contributed by atoms with Crippen LogP contribution in [0.2, 0.25) is 10.0 Å². The molecule has 0 fully saturated rings. The summed E-state index contributed by atoms with van der Waals surface area (Å²) in [6, 6.07) is 27.6. The molecule has 0 spiro atoms. The molecule has 4 aromatic carbocycles. The molecule has 0 saturated heterocycles. The monoisotopic (exact) mass is 695 g/mol.